The Morgan fingerprint density at radius 3 is 2.00 bits per heavy atom. The van der Waals surface area contributed by atoms with Gasteiger partial charge in [0.2, 0.25) is 10.0 Å². The van der Waals surface area contributed by atoms with Crippen LogP contribution in [0.15, 0.2) is 0 Å². The van der Waals surface area contributed by atoms with Gasteiger partial charge in [-0.3, -0.25) is 4.90 Å². The number of nitrogens with zero attached hydrogens (tertiary/aromatic N) is 2. The highest BCUT2D eigenvalue weighted by Gasteiger charge is 2.31. The molecule has 0 atom stereocenters. The molecule has 4 nitrogen and oxygen atoms in total. The second-order valence-electron chi connectivity index (χ2n) is 7.04. The summed E-state index contributed by atoms with van der Waals surface area (Å²) in [4.78, 5) is 2.40. The molecule has 0 unspecified atom stereocenters. The molecule has 0 bridgehead atoms. The van der Waals surface area contributed by atoms with E-state index in [1.54, 1.807) is 4.31 Å². The smallest absolute Gasteiger partial charge is 0.211 e. The largest absolute Gasteiger partial charge is 0.299 e. The molecule has 0 amide bonds. The predicted octanol–water partition coefficient (Wildman–Crippen LogP) is 2.17. The lowest BCUT2D eigenvalue weighted by Gasteiger charge is -2.36. The monoisotopic (exact) mass is 290 g/mol. The second kappa shape index (κ2) is 6.10. The zero-order valence-corrected chi connectivity index (χ0v) is 14.1. The van der Waals surface area contributed by atoms with E-state index in [0.29, 0.717) is 12.6 Å². The van der Waals surface area contributed by atoms with E-state index in [4.69, 9.17) is 0 Å². The van der Waals surface area contributed by atoms with Crippen molar-refractivity contribution in [1.29, 1.82) is 0 Å². The summed E-state index contributed by atoms with van der Waals surface area (Å²) < 4.78 is 25.4. The highest BCUT2D eigenvalue weighted by Crippen LogP contribution is 2.30. The van der Waals surface area contributed by atoms with E-state index in [1.165, 1.54) is 19.1 Å². The third kappa shape index (κ3) is 5.79. The molecule has 0 radical (unpaired) electrons. The number of hydrogen-bond donors (Lipinski definition) is 0. The fourth-order valence-corrected chi connectivity index (χ4v) is 3.82. The molecule has 1 aliphatic rings. The first-order chi connectivity index (χ1) is 8.51. The van der Waals surface area contributed by atoms with Gasteiger partial charge < -0.3 is 0 Å². The molecular formula is C14H30N2O2S. The van der Waals surface area contributed by atoms with E-state index in [9.17, 15) is 8.42 Å². The Morgan fingerprint density at radius 1 is 1.16 bits per heavy atom. The van der Waals surface area contributed by atoms with E-state index >= 15 is 0 Å². The van der Waals surface area contributed by atoms with Gasteiger partial charge in [0, 0.05) is 31.2 Å². The van der Waals surface area contributed by atoms with Gasteiger partial charge in [-0.15, -0.1) is 0 Å². The first-order valence-corrected chi connectivity index (χ1v) is 9.08. The summed E-state index contributed by atoms with van der Waals surface area (Å²) in [6.45, 7) is 12.7. The molecule has 114 valence electrons. The second-order valence-corrected chi connectivity index (χ2v) is 8.94. The van der Waals surface area contributed by atoms with Crippen LogP contribution in [0, 0.1) is 5.92 Å². The van der Waals surface area contributed by atoms with Gasteiger partial charge in [0.1, 0.15) is 0 Å². The van der Waals surface area contributed by atoms with Gasteiger partial charge in [0.15, 0.2) is 0 Å². The maximum Gasteiger partial charge on any atom is 0.211 e. The highest BCUT2D eigenvalue weighted by molar-refractivity contribution is 7.88. The van der Waals surface area contributed by atoms with Crippen LogP contribution >= 0.6 is 0 Å². The molecule has 0 spiro atoms. The zero-order chi connectivity index (χ0) is 14.8. The molecule has 1 aliphatic carbocycles. The van der Waals surface area contributed by atoms with Gasteiger partial charge >= 0.3 is 0 Å². The Kier molecular flexibility index (Phi) is 5.43. The van der Waals surface area contributed by atoms with Crippen molar-refractivity contribution in [2.45, 2.75) is 59.0 Å². The Labute approximate surface area is 119 Å². The molecule has 0 N–H and O–H groups in total. The Bertz CT molecular complexity index is 381. The van der Waals surface area contributed by atoms with Crippen LogP contribution in [0.25, 0.3) is 0 Å². The van der Waals surface area contributed by atoms with Crippen molar-refractivity contribution in [2.24, 2.45) is 5.92 Å². The van der Waals surface area contributed by atoms with Crippen molar-refractivity contribution < 1.29 is 8.42 Å². The summed E-state index contributed by atoms with van der Waals surface area (Å²) in [5.74, 6) is 0.837. The van der Waals surface area contributed by atoms with Gasteiger partial charge in [-0.25, -0.2) is 8.42 Å². The summed E-state index contributed by atoms with van der Waals surface area (Å²) in [5.41, 5.74) is -0.351. The molecule has 0 aliphatic heterocycles. The Hall–Kier alpha value is -0.130. The van der Waals surface area contributed by atoms with E-state index in [0.717, 1.165) is 19.0 Å². The van der Waals surface area contributed by atoms with Crippen molar-refractivity contribution in [2.75, 3.05) is 25.9 Å². The quantitative estimate of drug-likeness (QED) is 0.721. The Morgan fingerprint density at radius 2 is 1.68 bits per heavy atom. The van der Waals surface area contributed by atoms with Crippen molar-refractivity contribution >= 4 is 10.0 Å². The third-order valence-corrected chi connectivity index (χ3v) is 5.19. The van der Waals surface area contributed by atoms with E-state index < -0.39 is 10.0 Å². The Balaban J connectivity index is 2.63. The maximum atomic E-state index is 11.9. The number of sulfonamides is 1. The van der Waals surface area contributed by atoms with Crippen molar-refractivity contribution in [3.05, 3.63) is 0 Å². The molecule has 0 aromatic carbocycles. The number of rotatable bonds is 7. The topological polar surface area (TPSA) is 40.6 Å². The fourth-order valence-electron chi connectivity index (χ4n) is 2.41. The normalized spacial score (nSPS) is 17.7. The van der Waals surface area contributed by atoms with Gasteiger partial charge in [-0.1, -0.05) is 0 Å². The molecule has 0 saturated heterocycles. The molecule has 1 fully saturated rings. The van der Waals surface area contributed by atoms with Gasteiger partial charge in [0.25, 0.3) is 0 Å². The molecule has 1 saturated carbocycles. The SMILES string of the molecule is CC(C)N(CCN(C(C)(C)C)S(C)(=O)=O)CC1CC1. The van der Waals surface area contributed by atoms with E-state index in [1.807, 2.05) is 20.8 Å². The summed E-state index contributed by atoms with van der Waals surface area (Å²) in [6.07, 6.45) is 3.97. The lowest BCUT2D eigenvalue weighted by Crippen LogP contribution is -2.49. The van der Waals surface area contributed by atoms with Crippen LogP contribution in [0.2, 0.25) is 0 Å². The van der Waals surface area contributed by atoms with Gasteiger partial charge in [-0.2, -0.15) is 4.31 Å². The fraction of sp³-hybridized carbons (Fsp3) is 1.00. The summed E-state index contributed by atoms with van der Waals surface area (Å²) in [6, 6.07) is 0.474. The average Bonchev–Trinajstić information content (AvgIpc) is 2.95. The van der Waals surface area contributed by atoms with Crippen LogP contribution in [-0.4, -0.2) is 55.1 Å². The average molecular weight is 290 g/mol. The van der Waals surface area contributed by atoms with Crippen LogP contribution in [0.5, 0.6) is 0 Å². The van der Waals surface area contributed by atoms with Crippen LogP contribution in [0.1, 0.15) is 47.5 Å². The van der Waals surface area contributed by atoms with E-state index in [-0.39, 0.29) is 5.54 Å². The zero-order valence-electron chi connectivity index (χ0n) is 13.3. The maximum absolute atomic E-state index is 11.9. The van der Waals surface area contributed by atoms with Gasteiger partial charge in [-0.05, 0) is 53.4 Å². The molecular weight excluding hydrogens is 260 g/mol. The van der Waals surface area contributed by atoms with E-state index in [2.05, 4.69) is 18.7 Å². The molecule has 0 heterocycles. The molecule has 0 aromatic heterocycles. The minimum Gasteiger partial charge on any atom is -0.299 e. The predicted molar refractivity (Wildman–Crippen MR) is 80.7 cm³/mol. The van der Waals surface area contributed by atoms with Crippen molar-refractivity contribution in [1.82, 2.24) is 9.21 Å². The minimum atomic E-state index is -3.15. The lowest BCUT2D eigenvalue weighted by molar-refractivity contribution is 0.169. The standard InChI is InChI=1S/C14H30N2O2S/c1-12(2)15(11-13-7-8-13)9-10-16(14(3,4)5)19(6,17)18/h12-13H,7-11H2,1-6H3. The van der Waals surface area contributed by atoms with Crippen molar-refractivity contribution in [3.8, 4) is 0 Å². The highest BCUT2D eigenvalue weighted by atomic mass is 32.2. The van der Waals surface area contributed by atoms with Gasteiger partial charge in [0.05, 0.1) is 6.26 Å². The third-order valence-electron chi connectivity index (χ3n) is 3.66. The molecule has 5 heteroatoms. The first-order valence-electron chi connectivity index (χ1n) is 7.23. The lowest BCUT2D eigenvalue weighted by atomic mass is 10.1. The van der Waals surface area contributed by atoms with Crippen LogP contribution in [-0.2, 0) is 10.0 Å². The number of hydrogen-bond acceptors (Lipinski definition) is 3. The summed E-state index contributed by atoms with van der Waals surface area (Å²) >= 11 is 0. The van der Waals surface area contributed by atoms with Crippen LogP contribution in [0.4, 0.5) is 0 Å². The molecule has 1 rings (SSSR count). The first kappa shape index (κ1) is 16.9. The van der Waals surface area contributed by atoms with Crippen LogP contribution in [0.3, 0.4) is 0 Å². The minimum absolute atomic E-state index is 0.351. The molecule has 19 heavy (non-hydrogen) atoms. The summed E-state index contributed by atoms with van der Waals surface area (Å²) in [7, 11) is -3.15. The summed E-state index contributed by atoms with van der Waals surface area (Å²) in [5, 5.41) is 0. The van der Waals surface area contributed by atoms with Crippen LogP contribution < -0.4 is 0 Å². The van der Waals surface area contributed by atoms with Crippen molar-refractivity contribution in [3.63, 3.8) is 0 Å². The molecule has 0 aromatic rings.